The summed E-state index contributed by atoms with van der Waals surface area (Å²) in [5, 5.41) is 37.7. The Morgan fingerprint density at radius 1 is 0.980 bits per heavy atom. The summed E-state index contributed by atoms with van der Waals surface area (Å²) in [5.41, 5.74) is 0.993. The van der Waals surface area contributed by atoms with Crippen molar-refractivity contribution < 1.29 is 34.2 Å². The maximum atomic E-state index is 14.0. The molecule has 11 nitrogen and oxygen atoms in total. The summed E-state index contributed by atoms with van der Waals surface area (Å²) in [4.78, 5) is 35.1. The third-order valence-corrected chi connectivity index (χ3v) is 8.81. The molecule has 0 aliphatic carbocycles. The van der Waals surface area contributed by atoms with E-state index in [2.05, 4.69) is 32.8 Å². The zero-order chi connectivity index (χ0) is 35.4. The molecular weight excluding hydrogens is 623 g/mol. The number of unbranched alkanes of at least 4 members (excludes halogenated alkanes) is 6. The first kappa shape index (κ1) is 40.4. The Kier molecular flexibility index (Phi) is 18.7. The van der Waals surface area contributed by atoms with Gasteiger partial charge in [0.15, 0.2) is 5.78 Å². The van der Waals surface area contributed by atoms with E-state index in [1.54, 1.807) is 0 Å². The molecule has 5 N–H and O–H groups in total. The number of hydrogen-bond donors (Lipinski definition) is 5. The maximum Gasteiger partial charge on any atom is 0.461 e. The highest BCUT2D eigenvalue weighted by molar-refractivity contribution is 6.47. The van der Waals surface area contributed by atoms with Crippen LogP contribution in [0.1, 0.15) is 94.6 Å². The number of ketones is 1. The minimum Gasteiger partial charge on any atom is -0.403 e. The van der Waals surface area contributed by atoms with Crippen LogP contribution >= 0.6 is 0 Å². The van der Waals surface area contributed by atoms with E-state index in [4.69, 9.17) is 9.31 Å². The number of aromatic nitrogens is 2. The number of allylic oxidation sites excluding steroid dienone is 2. The molecule has 2 heterocycles. The second kappa shape index (κ2) is 22.7. The molecule has 12 heteroatoms. The van der Waals surface area contributed by atoms with Crippen molar-refractivity contribution >= 4 is 18.8 Å². The second-order valence-corrected chi connectivity index (χ2v) is 13.4. The van der Waals surface area contributed by atoms with Gasteiger partial charge in [0.25, 0.3) is 5.91 Å². The normalized spacial score (nSPS) is 18.9. The number of nitrogens with one attached hydrogen (secondary N) is 2. The Bertz CT molecular complexity index is 1240. The lowest BCUT2D eigenvalue weighted by Crippen LogP contribution is -2.47. The van der Waals surface area contributed by atoms with Crippen LogP contribution in [0.3, 0.4) is 0 Å². The zero-order valence-electron chi connectivity index (χ0n) is 29.5. The highest BCUT2D eigenvalue weighted by Gasteiger charge is 2.50. The van der Waals surface area contributed by atoms with Gasteiger partial charge in [-0.2, -0.15) is 0 Å². The van der Waals surface area contributed by atoms with Gasteiger partial charge in [0.2, 0.25) is 0 Å². The highest BCUT2D eigenvalue weighted by atomic mass is 16.7. The van der Waals surface area contributed by atoms with Gasteiger partial charge in [-0.05, 0) is 57.1 Å². The predicted octanol–water partition coefficient (Wildman–Crippen LogP) is 4.08. The fourth-order valence-electron chi connectivity index (χ4n) is 6.23. The van der Waals surface area contributed by atoms with Gasteiger partial charge in [-0.15, -0.1) is 0 Å². The number of aliphatic hydroxyl groups is 3. The van der Waals surface area contributed by atoms with Crippen LogP contribution in [0.5, 0.6) is 0 Å². The molecule has 0 radical (unpaired) electrons. The number of nitrogens with zero attached hydrogens (tertiary/aromatic N) is 2. The summed E-state index contributed by atoms with van der Waals surface area (Å²) in [6.45, 7) is 6.53. The molecule has 6 atom stereocenters. The second-order valence-electron chi connectivity index (χ2n) is 13.4. The van der Waals surface area contributed by atoms with Crippen LogP contribution in [0.25, 0.3) is 0 Å². The van der Waals surface area contributed by atoms with E-state index in [9.17, 15) is 24.9 Å². The first-order chi connectivity index (χ1) is 23.7. The molecule has 1 aromatic carbocycles. The molecule has 49 heavy (non-hydrogen) atoms. The standard InChI is InChI=1S/C37H57BN4O7/c1-4-5-6-7-8-9-10-11-15-18-39-25-33(45)35-36(34(46)26-43)49-38(48-35)29(21-27(2)3)23-32(44)30(22-28-16-13-12-14-17-28)42-37(47)31-24-40-19-20-41-31/h4-5,12-14,16-17,19-20,24,27,29-30,33-36,39,43,45-46H,6-11,15,18,21-23,25-26H2,1-3H3,(H,42,47)/b5-4-/t29-,30+,33?,34?,35-,36-/m1/s1. The van der Waals surface area contributed by atoms with Gasteiger partial charge < -0.3 is 35.3 Å². The van der Waals surface area contributed by atoms with E-state index < -0.39 is 55.9 Å². The highest BCUT2D eigenvalue weighted by Crippen LogP contribution is 2.35. The van der Waals surface area contributed by atoms with E-state index in [0.29, 0.717) is 6.42 Å². The fourth-order valence-corrected chi connectivity index (χ4v) is 6.23. The minimum absolute atomic E-state index is 0.0272. The average Bonchev–Trinajstić information content (AvgIpc) is 3.56. The summed E-state index contributed by atoms with van der Waals surface area (Å²) in [7, 11) is -0.905. The summed E-state index contributed by atoms with van der Waals surface area (Å²) in [6.07, 6.45) is 13.4. The Hall–Kier alpha value is -3.00. The number of amides is 1. The van der Waals surface area contributed by atoms with Crippen molar-refractivity contribution in [3.8, 4) is 0 Å². The zero-order valence-corrected chi connectivity index (χ0v) is 29.5. The number of carbonyl (C=O) groups is 2. The molecule has 1 aromatic heterocycles. The van der Waals surface area contributed by atoms with Crippen LogP contribution in [0.4, 0.5) is 0 Å². The Morgan fingerprint density at radius 3 is 2.33 bits per heavy atom. The first-order valence-corrected chi connectivity index (χ1v) is 18.0. The van der Waals surface area contributed by atoms with Gasteiger partial charge in [0, 0.05) is 31.2 Å². The van der Waals surface area contributed by atoms with Crippen molar-refractivity contribution in [3.63, 3.8) is 0 Å². The number of carbonyl (C=O) groups excluding carboxylic acids is 2. The lowest BCUT2D eigenvalue weighted by atomic mass is 9.65. The van der Waals surface area contributed by atoms with Gasteiger partial charge in [-0.25, -0.2) is 4.98 Å². The van der Waals surface area contributed by atoms with Gasteiger partial charge >= 0.3 is 7.12 Å². The Labute approximate surface area is 292 Å². The number of benzene rings is 1. The number of Topliss-reactive ketones (excluding diaryl/α,β-unsaturated/α-hetero) is 1. The molecule has 270 valence electrons. The number of hydrogen-bond acceptors (Lipinski definition) is 10. The van der Waals surface area contributed by atoms with E-state index in [1.807, 2.05) is 51.1 Å². The molecule has 0 spiro atoms. The summed E-state index contributed by atoms with van der Waals surface area (Å²) in [5.74, 6) is -0.970. The monoisotopic (exact) mass is 680 g/mol. The van der Waals surface area contributed by atoms with Crippen LogP contribution in [-0.2, 0) is 20.5 Å². The van der Waals surface area contributed by atoms with E-state index in [1.165, 1.54) is 44.3 Å². The third-order valence-electron chi connectivity index (χ3n) is 8.81. The molecule has 2 aromatic rings. The first-order valence-electron chi connectivity index (χ1n) is 18.0. The van der Waals surface area contributed by atoms with Gasteiger partial charge in [0.1, 0.15) is 11.8 Å². The van der Waals surface area contributed by atoms with Gasteiger partial charge in [0.05, 0.1) is 37.2 Å². The molecule has 1 aliphatic rings. The molecule has 1 aliphatic heterocycles. The molecular formula is C37H57BN4O7. The van der Waals surface area contributed by atoms with Crippen LogP contribution in [-0.4, -0.2) is 94.3 Å². The van der Waals surface area contributed by atoms with Crippen LogP contribution in [0.2, 0.25) is 5.82 Å². The molecule has 1 saturated heterocycles. The van der Waals surface area contributed by atoms with Crippen LogP contribution < -0.4 is 10.6 Å². The fraction of sp³-hybridized carbons (Fsp3) is 0.622. The minimum atomic E-state index is -1.27. The molecule has 0 bridgehead atoms. The molecule has 3 rings (SSSR count). The summed E-state index contributed by atoms with van der Waals surface area (Å²) < 4.78 is 12.5. The van der Waals surface area contributed by atoms with Crippen molar-refractivity contribution in [1.82, 2.24) is 20.6 Å². The molecule has 2 unspecified atom stereocenters. The van der Waals surface area contributed by atoms with Crippen LogP contribution in [0, 0.1) is 5.92 Å². The summed E-state index contributed by atoms with van der Waals surface area (Å²) in [6, 6.07) is 8.60. The van der Waals surface area contributed by atoms with E-state index in [0.717, 1.165) is 31.4 Å². The van der Waals surface area contributed by atoms with Gasteiger partial charge in [-0.1, -0.05) is 82.0 Å². The predicted molar refractivity (Wildman–Crippen MR) is 191 cm³/mol. The quantitative estimate of drug-likeness (QED) is 0.0621. The largest absolute Gasteiger partial charge is 0.461 e. The van der Waals surface area contributed by atoms with Crippen molar-refractivity contribution in [2.45, 2.75) is 121 Å². The number of rotatable bonds is 24. The SMILES string of the molecule is C/C=C\CCCCCCCCNCC(O)[C@H]1OB([C@@H](CC(=O)[C@H](Cc2ccccc2)NC(=O)c2cnccn2)CC(C)C)O[C@@H]1C(O)CO. The van der Waals surface area contributed by atoms with Crippen molar-refractivity contribution in [2.75, 3.05) is 19.7 Å². The maximum absolute atomic E-state index is 14.0. The van der Waals surface area contributed by atoms with E-state index in [-0.39, 0.29) is 36.8 Å². The Balaban J connectivity index is 1.63. The average molecular weight is 681 g/mol. The van der Waals surface area contributed by atoms with Gasteiger partial charge in [-0.3, -0.25) is 14.6 Å². The van der Waals surface area contributed by atoms with Crippen molar-refractivity contribution in [3.05, 3.63) is 72.3 Å². The smallest absolute Gasteiger partial charge is 0.403 e. The lowest BCUT2D eigenvalue weighted by Gasteiger charge is -2.26. The molecule has 1 fully saturated rings. The van der Waals surface area contributed by atoms with Crippen molar-refractivity contribution in [2.24, 2.45) is 5.92 Å². The summed E-state index contributed by atoms with van der Waals surface area (Å²) >= 11 is 0. The Morgan fingerprint density at radius 2 is 1.67 bits per heavy atom. The lowest BCUT2D eigenvalue weighted by molar-refractivity contribution is -0.121. The molecule has 0 saturated carbocycles. The van der Waals surface area contributed by atoms with Crippen molar-refractivity contribution in [1.29, 1.82) is 0 Å². The topological polar surface area (TPSA) is 163 Å². The van der Waals surface area contributed by atoms with Crippen LogP contribution in [0.15, 0.2) is 61.1 Å². The molecule has 1 amide bonds. The number of aliphatic hydroxyl groups excluding tert-OH is 3. The third kappa shape index (κ3) is 14.4. The van der Waals surface area contributed by atoms with E-state index >= 15 is 0 Å².